The fourth-order valence-electron chi connectivity index (χ4n) is 4.24. The topological polar surface area (TPSA) is 60.4 Å². The molecular weight excluding hydrogens is 304 g/mol. The van der Waals surface area contributed by atoms with Crippen LogP contribution >= 0.6 is 0 Å². The SMILES string of the molecule is O=C1C=CC2=C3C(=O)OC(=O)C3=CCC23Cc2ccccc2C=C13. The Morgan fingerprint density at radius 1 is 1.00 bits per heavy atom. The molecule has 1 unspecified atom stereocenters. The molecule has 4 aliphatic rings. The second-order valence-corrected chi connectivity index (χ2v) is 6.50. The van der Waals surface area contributed by atoms with E-state index in [-0.39, 0.29) is 5.78 Å². The molecule has 1 aromatic carbocycles. The predicted molar refractivity (Wildman–Crippen MR) is 85.5 cm³/mol. The molecule has 0 radical (unpaired) electrons. The first-order valence-electron chi connectivity index (χ1n) is 7.84. The van der Waals surface area contributed by atoms with Crippen molar-refractivity contribution in [2.75, 3.05) is 0 Å². The fourth-order valence-corrected chi connectivity index (χ4v) is 4.24. The summed E-state index contributed by atoms with van der Waals surface area (Å²) < 4.78 is 4.79. The Bertz CT molecular complexity index is 987. The van der Waals surface area contributed by atoms with E-state index in [0.29, 0.717) is 29.6 Å². The molecule has 1 heterocycles. The van der Waals surface area contributed by atoms with Gasteiger partial charge in [-0.2, -0.15) is 0 Å². The summed E-state index contributed by atoms with van der Waals surface area (Å²) in [6.45, 7) is 0. The van der Waals surface area contributed by atoms with Crippen LogP contribution in [0.25, 0.3) is 6.08 Å². The van der Waals surface area contributed by atoms with Crippen LogP contribution < -0.4 is 0 Å². The standard InChI is InChI=1S/C20H12O4/c21-16-6-5-14-17-13(18(22)24-19(17)23)7-8-20(14)10-12-4-2-1-3-11(12)9-15(16)20/h1-7,9H,8,10H2. The van der Waals surface area contributed by atoms with Gasteiger partial charge in [0.2, 0.25) is 0 Å². The third kappa shape index (κ3) is 1.50. The number of esters is 2. The summed E-state index contributed by atoms with van der Waals surface area (Å²) in [5.74, 6) is -1.25. The molecule has 4 heteroatoms. The van der Waals surface area contributed by atoms with Gasteiger partial charge in [-0.25, -0.2) is 9.59 Å². The van der Waals surface area contributed by atoms with Crippen LogP contribution in [-0.2, 0) is 25.5 Å². The lowest BCUT2D eigenvalue weighted by molar-refractivity contribution is -0.149. The van der Waals surface area contributed by atoms with E-state index >= 15 is 0 Å². The van der Waals surface area contributed by atoms with E-state index in [0.717, 1.165) is 16.7 Å². The Kier molecular flexibility index (Phi) is 2.40. The van der Waals surface area contributed by atoms with Crippen LogP contribution in [0.1, 0.15) is 17.5 Å². The van der Waals surface area contributed by atoms with Gasteiger partial charge in [0.15, 0.2) is 5.78 Å². The number of allylic oxidation sites excluding steroid dienone is 5. The maximum absolute atomic E-state index is 12.5. The van der Waals surface area contributed by atoms with Crippen molar-refractivity contribution in [1.29, 1.82) is 0 Å². The van der Waals surface area contributed by atoms with Gasteiger partial charge in [0.05, 0.1) is 11.1 Å². The number of rotatable bonds is 0. The number of hydrogen-bond donors (Lipinski definition) is 0. The summed E-state index contributed by atoms with van der Waals surface area (Å²) in [4.78, 5) is 36.6. The zero-order chi connectivity index (χ0) is 16.5. The van der Waals surface area contributed by atoms with E-state index in [1.807, 2.05) is 30.3 Å². The predicted octanol–water partition coefficient (Wildman–Crippen LogP) is 2.46. The molecule has 1 aliphatic heterocycles. The van der Waals surface area contributed by atoms with E-state index in [2.05, 4.69) is 0 Å². The van der Waals surface area contributed by atoms with Crippen LogP contribution in [0.4, 0.5) is 0 Å². The van der Waals surface area contributed by atoms with Crippen LogP contribution in [0.5, 0.6) is 0 Å². The van der Waals surface area contributed by atoms with Gasteiger partial charge in [-0.15, -0.1) is 0 Å². The molecule has 3 aliphatic carbocycles. The normalized spacial score (nSPS) is 26.9. The van der Waals surface area contributed by atoms with Crippen molar-refractivity contribution in [2.24, 2.45) is 5.41 Å². The van der Waals surface area contributed by atoms with E-state index in [1.165, 1.54) is 6.08 Å². The maximum atomic E-state index is 12.5. The Hall–Kier alpha value is -3.01. The number of benzene rings is 1. The monoisotopic (exact) mass is 316 g/mol. The number of hydrogen-bond acceptors (Lipinski definition) is 4. The molecule has 5 rings (SSSR count). The third-order valence-electron chi connectivity index (χ3n) is 5.35. The molecule has 1 aromatic rings. The summed E-state index contributed by atoms with van der Waals surface area (Å²) in [5.41, 5.74) is 3.66. The highest BCUT2D eigenvalue weighted by Crippen LogP contribution is 2.54. The number of cyclic esters (lactones) is 2. The van der Waals surface area contributed by atoms with Crippen molar-refractivity contribution >= 4 is 23.8 Å². The van der Waals surface area contributed by atoms with Gasteiger partial charge in [-0.3, -0.25) is 4.79 Å². The zero-order valence-electron chi connectivity index (χ0n) is 12.7. The molecule has 0 aromatic heterocycles. The van der Waals surface area contributed by atoms with Gasteiger partial charge >= 0.3 is 11.9 Å². The third-order valence-corrected chi connectivity index (χ3v) is 5.35. The lowest BCUT2D eigenvalue weighted by atomic mass is 9.58. The number of ketones is 1. The van der Waals surface area contributed by atoms with Gasteiger partial charge in [0, 0.05) is 11.0 Å². The first kappa shape index (κ1) is 13.4. The summed E-state index contributed by atoms with van der Waals surface area (Å²) >= 11 is 0. The minimum absolute atomic E-state index is 0.0385. The van der Waals surface area contributed by atoms with Crippen LogP contribution in [0.3, 0.4) is 0 Å². The Morgan fingerprint density at radius 2 is 1.83 bits per heavy atom. The van der Waals surface area contributed by atoms with Crippen molar-refractivity contribution in [1.82, 2.24) is 0 Å². The molecule has 24 heavy (non-hydrogen) atoms. The number of carbonyl (C=O) groups is 3. The highest BCUT2D eigenvalue weighted by atomic mass is 16.6. The van der Waals surface area contributed by atoms with Gasteiger partial charge in [-0.05, 0) is 41.7 Å². The van der Waals surface area contributed by atoms with Gasteiger partial charge in [-0.1, -0.05) is 36.4 Å². The minimum Gasteiger partial charge on any atom is -0.386 e. The molecule has 0 amide bonds. The molecule has 0 saturated carbocycles. The molecule has 116 valence electrons. The van der Waals surface area contributed by atoms with Crippen molar-refractivity contribution < 1.29 is 19.1 Å². The Balaban J connectivity index is 1.82. The van der Waals surface area contributed by atoms with Crippen molar-refractivity contribution in [2.45, 2.75) is 12.8 Å². The number of fused-ring (bicyclic) bond motifs is 2. The highest BCUT2D eigenvalue weighted by molar-refractivity contribution is 6.20. The van der Waals surface area contributed by atoms with Crippen LogP contribution in [0, 0.1) is 5.41 Å². The molecule has 0 bridgehead atoms. The maximum Gasteiger partial charge on any atom is 0.347 e. The average molecular weight is 316 g/mol. The summed E-state index contributed by atoms with van der Waals surface area (Å²) in [5, 5.41) is 0. The van der Waals surface area contributed by atoms with Crippen LogP contribution in [0.2, 0.25) is 0 Å². The van der Waals surface area contributed by atoms with Gasteiger partial charge in [0.25, 0.3) is 0 Å². The fraction of sp³-hybridized carbons (Fsp3) is 0.150. The highest BCUT2D eigenvalue weighted by Gasteiger charge is 2.51. The molecule has 1 atom stereocenters. The van der Waals surface area contributed by atoms with Gasteiger partial charge < -0.3 is 4.74 Å². The zero-order valence-corrected chi connectivity index (χ0v) is 12.7. The molecule has 1 spiro atoms. The van der Waals surface area contributed by atoms with E-state index in [9.17, 15) is 14.4 Å². The molecular formula is C20H12O4. The largest absolute Gasteiger partial charge is 0.386 e. The van der Waals surface area contributed by atoms with E-state index in [1.54, 1.807) is 12.2 Å². The summed E-state index contributed by atoms with van der Waals surface area (Å²) in [6, 6.07) is 7.95. The number of carbonyl (C=O) groups excluding carboxylic acids is 3. The minimum atomic E-state index is -0.613. The van der Waals surface area contributed by atoms with Crippen LogP contribution in [0.15, 0.2) is 64.8 Å². The average Bonchev–Trinajstić information content (AvgIpc) is 2.87. The first-order chi connectivity index (χ1) is 11.6. The van der Waals surface area contributed by atoms with Gasteiger partial charge in [0.1, 0.15) is 0 Å². The first-order valence-corrected chi connectivity index (χ1v) is 7.84. The Morgan fingerprint density at radius 3 is 2.71 bits per heavy atom. The van der Waals surface area contributed by atoms with E-state index < -0.39 is 17.4 Å². The van der Waals surface area contributed by atoms with E-state index in [4.69, 9.17) is 4.74 Å². The van der Waals surface area contributed by atoms with Crippen molar-refractivity contribution in [3.05, 3.63) is 75.9 Å². The summed E-state index contributed by atoms with van der Waals surface area (Å²) in [7, 11) is 0. The number of ether oxygens (including phenoxy) is 1. The Labute approximate surface area is 137 Å². The lowest BCUT2D eigenvalue weighted by Crippen LogP contribution is -2.38. The smallest absolute Gasteiger partial charge is 0.347 e. The molecule has 1 fully saturated rings. The second kappa shape index (κ2) is 4.29. The van der Waals surface area contributed by atoms with Crippen molar-refractivity contribution in [3.8, 4) is 0 Å². The van der Waals surface area contributed by atoms with Crippen molar-refractivity contribution in [3.63, 3.8) is 0 Å². The molecule has 1 saturated heterocycles. The molecule has 0 N–H and O–H groups in total. The quantitative estimate of drug-likeness (QED) is 0.545. The molecule has 4 nitrogen and oxygen atoms in total. The lowest BCUT2D eigenvalue weighted by Gasteiger charge is -2.43. The van der Waals surface area contributed by atoms with Crippen LogP contribution in [-0.4, -0.2) is 17.7 Å². The summed E-state index contributed by atoms with van der Waals surface area (Å²) in [6.07, 6.45) is 8.00. The second-order valence-electron chi connectivity index (χ2n) is 6.50.